The van der Waals surface area contributed by atoms with Gasteiger partial charge in [-0.15, -0.1) is 0 Å². The number of morpholine rings is 1. The normalized spacial score (nSPS) is 22.0. The van der Waals surface area contributed by atoms with Gasteiger partial charge in [0.2, 0.25) is 0 Å². The van der Waals surface area contributed by atoms with Crippen LogP contribution in [0.15, 0.2) is 18.2 Å². The van der Waals surface area contributed by atoms with Gasteiger partial charge in [-0.05, 0) is 37.1 Å². The van der Waals surface area contributed by atoms with E-state index in [2.05, 4.69) is 11.8 Å². The lowest BCUT2D eigenvalue weighted by molar-refractivity contribution is 0.0383. The molecule has 0 aliphatic carbocycles. The van der Waals surface area contributed by atoms with Gasteiger partial charge in [0.25, 0.3) is 0 Å². The molecular formula is C14H21FN2O. The molecule has 2 rings (SSSR count). The van der Waals surface area contributed by atoms with Crippen LogP contribution in [-0.2, 0) is 4.74 Å². The van der Waals surface area contributed by atoms with Crippen LogP contribution in [-0.4, -0.2) is 25.8 Å². The number of nitrogens with two attached hydrogens (primary N) is 1. The fourth-order valence-electron chi connectivity index (χ4n) is 2.36. The molecule has 0 radical (unpaired) electrons. The average Bonchev–Trinajstić information content (AvgIpc) is 2.38. The van der Waals surface area contributed by atoms with Gasteiger partial charge in [0.1, 0.15) is 5.82 Å². The maximum absolute atomic E-state index is 13.3. The largest absolute Gasteiger partial charge is 0.375 e. The Balaban J connectivity index is 2.26. The van der Waals surface area contributed by atoms with E-state index in [1.54, 1.807) is 0 Å². The van der Waals surface area contributed by atoms with E-state index in [4.69, 9.17) is 10.5 Å². The van der Waals surface area contributed by atoms with E-state index in [1.165, 1.54) is 12.1 Å². The topological polar surface area (TPSA) is 38.5 Å². The lowest BCUT2D eigenvalue weighted by Crippen LogP contribution is -2.42. The van der Waals surface area contributed by atoms with Crippen molar-refractivity contribution in [1.29, 1.82) is 0 Å². The van der Waals surface area contributed by atoms with Crippen LogP contribution in [0.2, 0.25) is 0 Å². The molecule has 1 unspecified atom stereocenters. The molecule has 18 heavy (non-hydrogen) atoms. The van der Waals surface area contributed by atoms with Crippen LogP contribution in [0.1, 0.15) is 31.9 Å². The molecule has 4 heteroatoms. The first-order valence-electron chi connectivity index (χ1n) is 6.53. The molecule has 1 fully saturated rings. The molecule has 2 N–H and O–H groups in total. The van der Waals surface area contributed by atoms with Crippen molar-refractivity contribution < 1.29 is 9.13 Å². The third kappa shape index (κ3) is 2.82. The summed E-state index contributed by atoms with van der Waals surface area (Å²) in [6.07, 6.45) is 1.25. The molecule has 1 heterocycles. The first-order chi connectivity index (χ1) is 8.61. The number of benzene rings is 1. The van der Waals surface area contributed by atoms with Crippen molar-refractivity contribution in [1.82, 2.24) is 0 Å². The van der Waals surface area contributed by atoms with Crippen LogP contribution in [0, 0.1) is 5.82 Å². The van der Waals surface area contributed by atoms with Gasteiger partial charge in [0.15, 0.2) is 0 Å². The summed E-state index contributed by atoms with van der Waals surface area (Å²) in [6, 6.07) is 4.69. The highest BCUT2D eigenvalue weighted by atomic mass is 19.1. The Morgan fingerprint density at radius 1 is 1.56 bits per heavy atom. The van der Waals surface area contributed by atoms with Crippen molar-refractivity contribution in [3.05, 3.63) is 29.6 Å². The summed E-state index contributed by atoms with van der Waals surface area (Å²) in [4.78, 5) is 2.25. The number of hydrogen-bond donors (Lipinski definition) is 1. The monoisotopic (exact) mass is 252 g/mol. The third-order valence-electron chi connectivity index (χ3n) is 3.41. The van der Waals surface area contributed by atoms with Crippen molar-refractivity contribution in [3.8, 4) is 0 Å². The Morgan fingerprint density at radius 2 is 2.33 bits per heavy atom. The van der Waals surface area contributed by atoms with E-state index >= 15 is 0 Å². The van der Waals surface area contributed by atoms with Crippen LogP contribution >= 0.6 is 0 Å². The second kappa shape index (κ2) is 5.67. The highest BCUT2D eigenvalue weighted by Gasteiger charge is 2.22. The van der Waals surface area contributed by atoms with Crippen molar-refractivity contribution >= 4 is 5.69 Å². The maximum atomic E-state index is 13.3. The summed E-state index contributed by atoms with van der Waals surface area (Å²) < 4.78 is 19.0. The number of rotatable bonds is 3. The molecule has 3 nitrogen and oxygen atoms in total. The predicted molar refractivity (Wildman–Crippen MR) is 71.2 cm³/mol. The van der Waals surface area contributed by atoms with Crippen LogP contribution in [0.25, 0.3) is 0 Å². The number of nitrogens with zero attached hydrogens (tertiary/aromatic N) is 1. The first kappa shape index (κ1) is 13.3. The van der Waals surface area contributed by atoms with E-state index in [9.17, 15) is 4.39 Å². The first-order valence-corrected chi connectivity index (χ1v) is 6.53. The summed E-state index contributed by atoms with van der Waals surface area (Å²) in [7, 11) is 0. The zero-order chi connectivity index (χ0) is 13.1. The molecule has 0 spiro atoms. The van der Waals surface area contributed by atoms with Crippen LogP contribution in [0.3, 0.4) is 0 Å². The molecule has 0 amide bonds. The highest BCUT2D eigenvalue weighted by Crippen LogP contribution is 2.28. The summed E-state index contributed by atoms with van der Waals surface area (Å²) >= 11 is 0. The van der Waals surface area contributed by atoms with Crippen molar-refractivity contribution in [2.24, 2.45) is 5.73 Å². The molecular weight excluding hydrogens is 231 g/mol. The van der Waals surface area contributed by atoms with Crippen LogP contribution in [0.5, 0.6) is 0 Å². The standard InChI is InChI=1S/C14H21FN2O/c1-3-12-9-17(6-7-18-12)14-5-4-11(15)8-13(14)10(2)16/h4-5,8,10,12H,3,6-7,9,16H2,1-2H3/t10-,12?/m0/s1. The Morgan fingerprint density at radius 3 is 3.00 bits per heavy atom. The molecule has 0 bridgehead atoms. The molecule has 2 atom stereocenters. The number of hydrogen-bond acceptors (Lipinski definition) is 3. The third-order valence-corrected chi connectivity index (χ3v) is 3.41. The lowest BCUT2D eigenvalue weighted by Gasteiger charge is -2.35. The summed E-state index contributed by atoms with van der Waals surface area (Å²) in [5, 5.41) is 0. The van der Waals surface area contributed by atoms with Gasteiger partial charge in [-0.2, -0.15) is 0 Å². The van der Waals surface area contributed by atoms with Crippen molar-refractivity contribution in [2.75, 3.05) is 24.6 Å². The minimum absolute atomic E-state index is 0.168. The van der Waals surface area contributed by atoms with Gasteiger partial charge < -0.3 is 15.4 Å². The van der Waals surface area contributed by atoms with E-state index in [0.717, 1.165) is 30.8 Å². The minimum Gasteiger partial charge on any atom is -0.375 e. The Bertz CT molecular complexity index is 409. The fraction of sp³-hybridized carbons (Fsp3) is 0.571. The Hall–Kier alpha value is -1.13. The summed E-state index contributed by atoms with van der Waals surface area (Å²) in [5.74, 6) is -0.230. The van der Waals surface area contributed by atoms with E-state index in [-0.39, 0.29) is 18.0 Å². The molecule has 0 aromatic heterocycles. The van der Waals surface area contributed by atoms with Crippen molar-refractivity contribution in [3.63, 3.8) is 0 Å². The smallest absolute Gasteiger partial charge is 0.123 e. The summed E-state index contributed by atoms with van der Waals surface area (Å²) in [6.45, 7) is 6.40. The zero-order valence-electron chi connectivity index (χ0n) is 11.0. The molecule has 1 aromatic rings. The number of anilines is 1. The Kier molecular flexibility index (Phi) is 4.19. The Labute approximate surface area is 108 Å². The predicted octanol–water partition coefficient (Wildman–Crippen LogP) is 2.46. The molecule has 1 aromatic carbocycles. The van der Waals surface area contributed by atoms with Gasteiger partial charge in [0.05, 0.1) is 12.7 Å². The zero-order valence-corrected chi connectivity index (χ0v) is 11.0. The average molecular weight is 252 g/mol. The van der Waals surface area contributed by atoms with Gasteiger partial charge >= 0.3 is 0 Å². The second-order valence-corrected chi connectivity index (χ2v) is 4.84. The maximum Gasteiger partial charge on any atom is 0.123 e. The van der Waals surface area contributed by atoms with Crippen LogP contribution in [0.4, 0.5) is 10.1 Å². The minimum atomic E-state index is -0.230. The second-order valence-electron chi connectivity index (χ2n) is 4.84. The van der Waals surface area contributed by atoms with Gasteiger partial charge in [-0.25, -0.2) is 4.39 Å². The molecule has 100 valence electrons. The molecule has 1 aliphatic heterocycles. The van der Waals surface area contributed by atoms with Crippen molar-refractivity contribution in [2.45, 2.75) is 32.4 Å². The molecule has 1 aliphatic rings. The van der Waals surface area contributed by atoms with E-state index in [0.29, 0.717) is 6.61 Å². The van der Waals surface area contributed by atoms with Gasteiger partial charge in [0, 0.05) is 24.8 Å². The van der Waals surface area contributed by atoms with Crippen LogP contribution < -0.4 is 10.6 Å². The SMILES string of the molecule is CCC1CN(c2ccc(F)cc2[C@H](C)N)CCO1. The molecule has 1 saturated heterocycles. The van der Waals surface area contributed by atoms with E-state index in [1.807, 2.05) is 13.0 Å². The molecule has 0 saturated carbocycles. The van der Waals surface area contributed by atoms with Gasteiger partial charge in [-0.1, -0.05) is 6.92 Å². The quantitative estimate of drug-likeness (QED) is 0.898. The van der Waals surface area contributed by atoms with Gasteiger partial charge in [-0.3, -0.25) is 0 Å². The summed E-state index contributed by atoms with van der Waals surface area (Å²) in [5.41, 5.74) is 7.84. The number of ether oxygens (including phenoxy) is 1. The highest BCUT2D eigenvalue weighted by molar-refractivity contribution is 5.55. The fourth-order valence-corrected chi connectivity index (χ4v) is 2.36. The number of halogens is 1. The lowest BCUT2D eigenvalue weighted by atomic mass is 10.0. The van der Waals surface area contributed by atoms with E-state index < -0.39 is 0 Å².